The van der Waals surface area contributed by atoms with E-state index in [4.69, 9.17) is 16.7 Å². The van der Waals surface area contributed by atoms with Gasteiger partial charge in [-0.2, -0.15) is 5.10 Å². The maximum absolute atomic E-state index is 13.5. The minimum atomic E-state index is -1.28. The molecule has 18 heavy (non-hydrogen) atoms. The van der Waals surface area contributed by atoms with E-state index >= 15 is 0 Å². The van der Waals surface area contributed by atoms with Crippen LogP contribution in [0.5, 0.6) is 0 Å². The van der Waals surface area contributed by atoms with Crippen LogP contribution < -0.4 is 0 Å². The fraction of sp³-hybridized carbons (Fsp3) is 0.167. The van der Waals surface area contributed by atoms with Crippen molar-refractivity contribution in [2.45, 2.75) is 13.5 Å². The van der Waals surface area contributed by atoms with Crippen molar-refractivity contribution in [2.75, 3.05) is 0 Å². The number of aromatic nitrogens is 2. The quantitative estimate of drug-likeness (QED) is 0.931. The predicted octanol–water partition coefficient (Wildman–Crippen LogP) is 2.73. The van der Waals surface area contributed by atoms with Crippen molar-refractivity contribution in [2.24, 2.45) is 0 Å². The average molecular weight is 269 g/mol. The summed E-state index contributed by atoms with van der Waals surface area (Å²) in [6, 6.07) is 3.98. The van der Waals surface area contributed by atoms with Crippen molar-refractivity contribution < 1.29 is 14.3 Å². The summed E-state index contributed by atoms with van der Waals surface area (Å²) in [6.45, 7) is 2.11. The Hall–Kier alpha value is -1.88. The number of benzene rings is 1. The Bertz CT molecular complexity index is 591. The number of aromatic carboxylic acids is 1. The highest BCUT2D eigenvalue weighted by molar-refractivity contribution is 6.31. The van der Waals surface area contributed by atoms with E-state index in [0.29, 0.717) is 22.8 Å². The molecule has 1 heterocycles. The summed E-state index contributed by atoms with van der Waals surface area (Å²) >= 11 is 5.86. The molecule has 0 aliphatic rings. The number of hydrogen-bond acceptors (Lipinski definition) is 2. The molecule has 0 amide bonds. The van der Waals surface area contributed by atoms with Gasteiger partial charge >= 0.3 is 5.97 Å². The van der Waals surface area contributed by atoms with Gasteiger partial charge in [0.25, 0.3) is 0 Å². The van der Waals surface area contributed by atoms with Gasteiger partial charge in [0.1, 0.15) is 5.82 Å². The molecule has 2 aromatic rings. The zero-order valence-electron chi connectivity index (χ0n) is 9.52. The van der Waals surface area contributed by atoms with Crippen molar-refractivity contribution in [3.63, 3.8) is 0 Å². The van der Waals surface area contributed by atoms with Gasteiger partial charge in [0.15, 0.2) is 0 Å². The number of carbonyl (C=O) groups is 1. The number of rotatable bonds is 3. The standard InChI is InChI=1S/C12H10ClFN2O2/c1-7-10(13)6-16(15-7)5-8-2-3-9(12(17)18)11(14)4-8/h2-4,6H,5H2,1H3,(H,17,18). The van der Waals surface area contributed by atoms with E-state index in [0.717, 1.165) is 0 Å². The molecular formula is C12H10ClFN2O2. The third-order valence-corrected chi connectivity index (χ3v) is 2.87. The maximum atomic E-state index is 13.5. The van der Waals surface area contributed by atoms with Crippen LogP contribution in [0.1, 0.15) is 21.6 Å². The lowest BCUT2D eigenvalue weighted by atomic mass is 10.1. The highest BCUT2D eigenvalue weighted by atomic mass is 35.5. The summed E-state index contributed by atoms with van der Waals surface area (Å²) in [7, 11) is 0. The molecule has 0 bridgehead atoms. The molecule has 94 valence electrons. The lowest BCUT2D eigenvalue weighted by molar-refractivity contribution is 0.0692. The van der Waals surface area contributed by atoms with E-state index in [1.807, 2.05) is 0 Å². The SMILES string of the molecule is Cc1nn(Cc2ccc(C(=O)O)c(F)c2)cc1Cl. The second-order valence-corrected chi connectivity index (χ2v) is 4.29. The van der Waals surface area contributed by atoms with Crippen LogP contribution in [-0.4, -0.2) is 20.9 Å². The molecule has 0 aliphatic heterocycles. The molecule has 2 rings (SSSR count). The van der Waals surface area contributed by atoms with E-state index in [1.54, 1.807) is 23.9 Å². The number of carboxylic acids is 1. The topological polar surface area (TPSA) is 55.1 Å². The van der Waals surface area contributed by atoms with Crippen LogP contribution >= 0.6 is 11.6 Å². The lowest BCUT2D eigenvalue weighted by Crippen LogP contribution is -2.04. The van der Waals surface area contributed by atoms with Gasteiger partial charge < -0.3 is 5.11 Å². The molecule has 0 aliphatic carbocycles. The second-order valence-electron chi connectivity index (χ2n) is 3.88. The Kier molecular flexibility index (Phi) is 3.34. The summed E-state index contributed by atoms with van der Waals surface area (Å²) < 4.78 is 15.0. The Morgan fingerprint density at radius 3 is 2.78 bits per heavy atom. The van der Waals surface area contributed by atoms with Crippen molar-refractivity contribution in [1.29, 1.82) is 0 Å². The molecule has 0 spiro atoms. The first-order chi connectivity index (χ1) is 8.47. The zero-order chi connectivity index (χ0) is 13.3. The second kappa shape index (κ2) is 4.78. The van der Waals surface area contributed by atoms with Crippen molar-refractivity contribution >= 4 is 17.6 Å². The van der Waals surface area contributed by atoms with Crippen LogP contribution in [0, 0.1) is 12.7 Å². The Morgan fingerprint density at radius 1 is 1.56 bits per heavy atom. The van der Waals surface area contributed by atoms with Crippen LogP contribution in [0.3, 0.4) is 0 Å². The fourth-order valence-corrected chi connectivity index (χ4v) is 1.74. The largest absolute Gasteiger partial charge is 0.478 e. The summed E-state index contributed by atoms with van der Waals surface area (Å²) in [6.07, 6.45) is 1.64. The van der Waals surface area contributed by atoms with E-state index in [-0.39, 0.29) is 5.56 Å². The van der Waals surface area contributed by atoms with Gasteiger partial charge in [0.05, 0.1) is 22.8 Å². The number of halogens is 2. The number of hydrogen-bond donors (Lipinski definition) is 1. The Balaban J connectivity index is 2.25. The lowest BCUT2D eigenvalue weighted by Gasteiger charge is -2.03. The van der Waals surface area contributed by atoms with Crippen LogP contribution in [0.4, 0.5) is 4.39 Å². The van der Waals surface area contributed by atoms with Crippen LogP contribution in [-0.2, 0) is 6.54 Å². The predicted molar refractivity (Wildman–Crippen MR) is 64.4 cm³/mol. The third kappa shape index (κ3) is 2.51. The number of aryl methyl sites for hydroxylation is 1. The first kappa shape index (κ1) is 12.6. The molecule has 0 radical (unpaired) electrons. The highest BCUT2D eigenvalue weighted by Gasteiger charge is 2.11. The highest BCUT2D eigenvalue weighted by Crippen LogP contribution is 2.15. The van der Waals surface area contributed by atoms with E-state index < -0.39 is 11.8 Å². The van der Waals surface area contributed by atoms with Crippen molar-refractivity contribution in [1.82, 2.24) is 9.78 Å². The Morgan fingerprint density at radius 2 is 2.28 bits per heavy atom. The van der Waals surface area contributed by atoms with Gasteiger partial charge in [0.2, 0.25) is 0 Å². The van der Waals surface area contributed by atoms with Crippen molar-refractivity contribution in [3.8, 4) is 0 Å². The maximum Gasteiger partial charge on any atom is 0.338 e. The third-order valence-electron chi connectivity index (χ3n) is 2.49. The molecule has 0 saturated heterocycles. The van der Waals surface area contributed by atoms with Gasteiger partial charge in [-0.1, -0.05) is 17.7 Å². The molecule has 0 atom stereocenters. The van der Waals surface area contributed by atoms with Gasteiger partial charge in [-0.3, -0.25) is 4.68 Å². The van der Waals surface area contributed by atoms with Crippen LogP contribution in [0.25, 0.3) is 0 Å². The molecule has 0 fully saturated rings. The minimum absolute atomic E-state index is 0.338. The summed E-state index contributed by atoms with van der Waals surface area (Å²) in [5, 5.41) is 13.4. The van der Waals surface area contributed by atoms with Crippen LogP contribution in [0.2, 0.25) is 5.02 Å². The number of carboxylic acid groups (broad SMARTS) is 1. The van der Waals surface area contributed by atoms with E-state index in [1.165, 1.54) is 12.1 Å². The zero-order valence-corrected chi connectivity index (χ0v) is 10.3. The first-order valence-corrected chi connectivity index (χ1v) is 5.56. The first-order valence-electron chi connectivity index (χ1n) is 5.18. The molecule has 0 unspecified atom stereocenters. The van der Waals surface area contributed by atoms with E-state index in [2.05, 4.69) is 5.10 Å². The molecule has 0 saturated carbocycles. The normalized spacial score (nSPS) is 10.6. The van der Waals surface area contributed by atoms with E-state index in [9.17, 15) is 9.18 Å². The molecular weight excluding hydrogens is 259 g/mol. The Labute approximate surface area is 108 Å². The molecule has 1 aromatic carbocycles. The van der Waals surface area contributed by atoms with Gasteiger partial charge in [-0.25, -0.2) is 9.18 Å². The minimum Gasteiger partial charge on any atom is -0.478 e. The summed E-state index contributed by atoms with van der Waals surface area (Å²) in [5.41, 5.74) is 0.976. The fourth-order valence-electron chi connectivity index (χ4n) is 1.59. The molecule has 1 N–H and O–H groups in total. The summed E-state index contributed by atoms with van der Waals surface area (Å²) in [5.74, 6) is -2.04. The van der Waals surface area contributed by atoms with Gasteiger partial charge in [-0.05, 0) is 24.6 Å². The monoisotopic (exact) mass is 268 g/mol. The molecule has 4 nitrogen and oxygen atoms in total. The van der Waals surface area contributed by atoms with Gasteiger partial charge in [0, 0.05) is 6.20 Å². The smallest absolute Gasteiger partial charge is 0.338 e. The average Bonchev–Trinajstić information content (AvgIpc) is 2.57. The molecule has 1 aromatic heterocycles. The summed E-state index contributed by atoms with van der Waals surface area (Å²) in [4.78, 5) is 10.7. The number of nitrogens with zero attached hydrogens (tertiary/aromatic N) is 2. The van der Waals surface area contributed by atoms with Gasteiger partial charge in [-0.15, -0.1) is 0 Å². The van der Waals surface area contributed by atoms with Crippen molar-refractivity contribution in [3.05, 3.63) is 52.1 Å². The molecule has 6 heteroatoms. The van der Waals surface area contributed by atoms with Crippen LogP contribution in [0.15, 0.2) is 24.4 Å².